The number of carbonyl (C=O) groups excluding carboxylic acids is 1. The first-order valence-corrected chi connectivity index (χ1v) is 7.71. The normalized spacial score (nSPS) is 13.0. The Morgan fingerprint density at radius 3 is 2.62 bits per heavy atom. The standard InChI is InChI=1S/C10H10N4O5S2/c11-8(15)4-14(5-9(16)17)21(18,19)7-3-1-2-6-10(7)13-20-12-6/h1-3H,4-5H2,(H2,11,15)(H,16,17). The van der Waals surface area contributed by atoms with Crippen molar-refractivity contribution >= 4 is 44.6 Å². The molecule has 0 fully saturated rings. The fourth-order valence-corrected chi connectivity index (χ4v) is 3.79. The predicted molar refractivity (Wildman–Crippen MR) is 73.6 cm³/mol. The van der Waals surface area contributed by atoms with Gasteiger partial charge in [-0.2, -0.15) is 13.0 Å². The molecule has 3 N–H and O–H groups in total. The van der Waals surface area contributed by atoms with Crippen LogP contribution in [0.4, 0.5) is 11.4 Å². The van der Waals surface area contributed by atoms with Crippen LogP contribution in [0.5, 0.6) is 0 Å². The quantitative estimate of drug-likeness (QED) is 0.764. The van der Waals surface area contributed by atoms with Gasteiger partial charge in [0.1, 0.15) is 22.8 Å². The molecule has 112 valence electrons. The maximum Gasteiger partial charge on any atom is 0.318 e. The number of amides is 1. The Morgan fingerprint density at radius 2 is 2.00 bits per heavy atom. The SMILES string of the molecule is NC(=O)CN(CC(=O)O)S(=O)(=O)c1cccc2c1N=S=N2. The molecule has 9 nitrogen and oxygen atoms in total. The zero-order valence-electron chi connectivity index (χ0n) is 10.5. The molecule has 0 atom stereocenters. The van der Waals surface area contributed by atoms with E-state index in [1.54, 1.807) is 6.07 Å². The van der Waals surface area contributed by atoms with Crippen molar-refractivity contribution in [1.82, 2.24) is 4.31 Å². The van der Waals surface area contributed by atoms with Crippen molar-refractivity contribution in [3.8, 4) is 0 Å². The zero-order chi connectivity index (χ0) is 15.6. The lowest BCUT2D eigenvalue weighted by Gasteiger charge is -2.19. The van der Waals surface area contributed by atoms with Crippen molar-refractivity contribution in [2.24, 2.45) is 14.5 Å². The van der Waals surface area contributed by atoms with Crippen LogP contribution in [0.2, 0.25) is 0 Å². The number of nitrogens with two attached hydrogens (primary N) is 1. The van der Waals surface area contributed by atoms with Gasteiger partial charge in [0, 0.05) is 0 Å². The van der Waals surface area contributed by atoms with Crippen molar-refractivity contribution < 1.29 is 23.1 Å². The highest BCUT2D eigenvalue weighted by Gasteiger charge is 2.31. The van der Waals surface area contributed by atoms with Crippen LogP contribution < -0.4 is 5.73 Å². The summed E-state index contributed by atoms with van der Waals surface area (Å²) in [4.78, 5) is 21.6. The molecule has 21 heavy (non-hydrogen) atoms. The smallest absolute Gasteiger partial charge is 0.318 e. The molecule has 0 unspecified atom stereocenters. The lowest BCUT2D eigenvalue weighted by Crippen LogP contribution is -2.41. The molecule has 0 bridgehead atoms. The summed E-state index contributed by atoms with van der Waals surface area (Å²) in [6, 6.07) is 4.31. The summed E-state index contributed by atoms with van der Waals surface area (Å²) in [5, 5.41) is 8.80. The Balaban J connectivity index is 2.49. The number of sulfonamides is 1. The van der Waals surface area contributed by atoms with E-state index in [-0.39, 0.29) is 10.6 Å². The Morgan fingerprint density at radius 1 is 1.29 bits per heavy atom. The highest BCUT2D eigenvalue weighted by atomic mass is 32.2. The van der Waals surface area contributed by atoms with E-state index in [1.165, 1.54) is 12.1 Å². The average Bonchev–Trinajstić information content (AvgIpc) is 2.84. The lowest BCUT2D eigenvalue weighted by atomic mass is 10.3. The predicted octanol–water partition coefficient (Wildman–Crippen LogP) is -0.0264. The van der Waals surface area contributed by atoms with Crippen LogP contribution in [0, 0.1) is 0 Å². The fraction of sp³-hybridized carbons (Fsp3) is 0.200. The van der Waals surface area contributed by atoms with Gasteiger partial charge in [-0.05, 0) is 12.1 Å². The summed E-state index contributed by atoms with van der Waals surface area (Å²) in [7, 11) is -4.23. The third-order valence-electron chi connectivity index (χ3n) is 2.51. The van der Waals surface area contributed by atoms with E-state index in [0.29, 0.717) is 9.99 Å². The first-order valence-electron chi connectivity index (χ1n) is 5.54. The number of carbonyl (C=O) groups is 2. The van der Waals surface area contributed by atoms with Gasteiger partial charge in [-0.25, -0.2) is 8.42 Å². The molecular weight excluding hydrogens is 320 g/mol. The van der Waals surface area contributed by atoms with Crippen molar-refractivity contribution in [2.45, 2.75) is 4.90 Å². The molecule has 1 aliphatic heterocycles. The summed E-state index contributed by atoms with van der Waals surface area (Å²) < 4.78 is 33.3. The number of carboxylic acids is 1. The van der Waals surface area contributed by atoms with E-state index in [4.69, 9.17) is 10.8 Å². The average molecular weight is 330 g/mol. The van der Waals surface area contributed by atoms with E-state index in [1.807, 2.05) is 0 Å². The molecule has 1 aliphatic rings. The van der Waals surface area contributed by atoms with Gasteiger partial charge >= 0.3 is 5.97 Å². The molecule has 1 heterocycles. The molecule has 0 radical (unpaired) electrons. The molecule has 0 spiro atoms. The van der Waals surface area contributed by atoms with Crippen LogP contribution in [0.15, 0.2) is 31.8 Å². The number of primary amides is 1. The second kappa shape index (κ2) is 5.71. The second-order valence-electron chi connectivity index (χ2n) is 4.02. The van der Waals surface area contributed by atoms with Crippen LogP contribution in [0.3, 0.4) is 0 Å². The van der Waals surface area contributed by atoms with Gasteiger partial charge in [-0.15, -0.1) is 0 Å². The molecule has 1 amide bonds. The molecule has 0 saturated heterocycles. The van der Waals surface area contributed by atoms with E-state index < -0.39 is 35.0 Å². The number of nitrogens with zero attached hydrogens (tertiary/aromatic N) is 3. The first kappa shape index (κ1) is 15.3. The number of rotatable bonds is 6. The second-order valence-corrected chi connectivity index (χ2v) is 6.46. The van der Waals surface area contributed by atoms with Crippen LogP contribution in [0.1, 0.15) is 0 Å². The third-order valence-corrected chi connectivity index (χ3v) is 4.88. The minimum absolute atomic E-state index is 0.127. The van der Waals surface area contributed by atoms with Crippen LogP contribution in [0.25, 0.3) is 0 Å². The topological polar surface area (TPSA) is 142 Å². The molecule has 1 aromatic carbocycles. The number of fused-ring (bicyclic) bond motifs is 1. The number of carboxylic acid groups (broad SMARTS) is 1. The maximum absolute atomic E-state index is 12.5. The van der Waals surface area contributed by atoms with E-state index in [0.717, 1.165) is 11.4 Å². The Kier molecular flexibility index (Phi) is 4.16. The largest absolute Gasteiger partial charge is 0.480 e. The highest BCUT2D eigenvalue weighted by molar-refractivity contribution is 7.89. The summed E-state index contributed by atoms with van der Waals surface area (Å²) in [5.74, 6) is -2.35. The van der Waals surface area contributed by atoms with E-state index in [9.17, 15) is 18.0 Å². The van der Waals surface area contributed by atoms with Gasteiger partial charge in [0.2, 0.25) is 15.9 Å². The minimum Gasteiger partial charge on any atom is -0.480 e. The Hall–Kier alpha value is -2.11. The maximum atomic E-state index is 12.5. The van der Waals surface area contributed by atoms with Gasteiger partial charge in [-0.1, -0.05) is 6.07 Å². The molecule has 11 heteroatoms. The van der Waals surface area contributed by atoms with Crippen molar-refractivity contribution in [2.75, 3.05) is 13.1 Å². The molecule has 0 aromatic heterocycles. The van der Waals surface area contributed by atoms with Gasteiger partial charge in [-0.3, -0.25) is 9.59 Å². The lowest BCUT2D eigenvalue weighted by molar-refractivity contribution is -0.137. The van der Waals surface area contributed by atoms with Crippen LogP contribution in [-0.2, 0) is 31.0 Å². The zero-order valence-corrected chi connectivity index (χ0v) is 12.1. The molecule has 0 aliphatic carbocycles. The number of aliphatic carboxylic acids is 1. The van der Waals surface area contributed by atoms with Gasteiger partial charge in [0.25, 0.3) is 0 Å². The monoisotopic (exact) mass is 330 g/mol. The third kappa shape index (κ3) is 3.15. The summed E-state index contributed by atoms with van der Waals surface area (Å²) in [5.41, 5.74) is 5.47. The Bertz CT molecular complexity index is 767. The van der Waals surface area contributed by atoms with Crippen LogP contribution in [-0.4, -0.2) is 42.8 Å². The summed E-state index contributed by atoms with van der Waals surface area (Å²) in [6.45, 7) is -1.61. The summed E-state index contributed by atoms with van der Waals surface area (Å²) in [6.07, 6.45) is 0. The van der Waals surface area contributed by atoms with Crippen LogP contribution >= 0.6 is 0 Å². The summed E-state index contributed by atoms with van der Waals surface area (Å²) >= 11 is 0.832. The minimum atomic E-state index is -4.23. The first-order chi connectivity index (χ1) is 9.82. The molecule has 0 saturated carbocycles. The molecule has 2 rings (SSSR count). The molecular formula is C10H10N4O5S2. The van der Waals surface area contributed by atoms with Crippen molar-refractivity contribution in [1.29, 1.82) is 0 Å². The van der Waals surface area contributed by atoms with Gasteiger partial charge in [0.05, 0.1) is 17.9 Å². The van der Waals surface area contributed by atoms with Crippen molar-refractivity contribution in [3.63, 3.8) is 0 Å². The van der Waals surface area contributed by atoms with E-state index in [2.05, 4.69) is 8.73 Å². The highest BCUT2D eigenvalue weighted by Crippen LogP contribution is 2.38. The van der Waals surface area contributed by atoms with Gasteiger partial charge < -0.3 is 10.8 Å². The van der Waals surface area contributed by atoms with E-state index >= 15 is 0 Å². The van der Waals surface area contributed by atoms with Crippen molar-refractivity contribution in [3.05, 3.63) is 18.2 Å². The molecule has 1 aromatic rings. The number of hydrogen-bond donors (Lipinski definition) is 2. The fourth-order valence-electron chi connectivity index (χ4n) is 1.68. The van der Waals surface area contributed by atoms with Gasteiger partial charge in [0.15, 0.2) is 0 Å². The number of benzene rings is 1. The number of hydrogen-bond acceptors (Lipinski definition) is 6. The Labute approximate surface area is 123 Å².